The molecule has 0 spiro atoms. The molecule has 2 aliphatic rings. The number of amides is 3. The Morgan fingerprint density at radius 3 is 2.40 bits per heavy atom. The first-order valence-corrected chi connectivity index (χ1v) is 15.2. The van der Waals surface area contributed by atoms with Crippen molar-refractivity contribution in [3.05, 3.63) is 66.0 Å². The second-order valence-corrected chi connectivity index (χ2v) is 12.2. The molecule has 3 N–H and O–H groups in total. The zero-order chi connectivity index (χ0) is 30.1. The summed E-state index contributed by atoms with van der Waals surface area (Å²) in [5, 5.41) is 8.33. The fourth-order valence-electron chi connectivity index (χ4n) is 6.01. The number of hydrogen-bond acceptors (Lipinski definition) is 6. The summed E-state index contributed by atoms with van der Waals surface area (Å²) in [6, 6.07) is 13.4. The summed E-state index contributed by atoms with van der Waals surface area (Å²) in [5.74, 6) is -0.929. The highest BCUT2D eigenvalue weighted by Crippen LogP contribution is 2.36. The summed E-state index contributed by atoms with van der Waals surface area (Å²) in [6.45, 7) is 6.58. The Bertz CT molecular complexity index is 1220. The quantitative estimate of drug-likeness (QED) is 0.313. The van der Waals surface area contributed by atoms with Gasteiger partial charge in [-0.15, -0.1) is 0 Å². The van der Waals surface area contributed by atoms with Gasteiger partial charge in [0.1, 0.15) is 18.2 Å². The van der Waals surface area contributed by atoms with Gasteiger partial charge in [-0.1, -0.05) is 63.6 Å². The average molecular weight is 577 g/mol. The van der Waals surface area contributed by atoms with Crippen LogP contribution in [-0.2, 0) is 36.9 Å². The molecule has 2 saturated carbocycles. The molecule has 1 aromatic heterocycles. The molecular formula is C33H44N4O5. The molecular weight excluding hydrogens is 532 g/mol. The lowest BCUT2D eigenvalue weighted by Gasteiger charge is -2.42. The van der Waals surface area contributed by atoms with Gasteiger partial charge in [0.15, 0.2) is 0 Å². The van der Waals surface area contributed by atoms with Crippen molar-refractivity contribution >= 4 is 23.5 Å². The summed E-state index contributed by atoms with van der Waals surface area (Å²) in [6.07, 6.45) is 6.63. The first-order chi connectivity index (χ1) is 20.2. The van der Waals surface area contributed by atoms with Crippen molar-refractivity contribution < 1.29 is 23.9 Å². The SMILES string of the molecule is CC(C)[C@@H]1CC[C@@H](C)C[C@H]1OCC(=O)NC1(C(=O)N[C@H](Cc2ccccc2)C(=O)C(=O)NCc2ccccn2)CCC1. The molecule has 0 saturated heterocycles. The first-order valence-electron chi connectivity index (χ1n) is 15.2. The second-order valence-electron chi connectivity index (χ2n) is 12.2. The average Bonchev–Trinajstić information content (AvgIpc) is 2.96. The number of rotatable bonds is 13. The maximum absolute atomic E-state index is 13.6. The van der Waals surface area contributed by atoms with E-state index in [0.717, 1.165) is 24.8 Å². The lowest BCUT2D eigenvalue weighted by Crippen LogP contribution is -2.65. The van der Waals surface area contributed by atoms with Crippen LogP contribution < -0.4 is 16.0 Å². The number of hydrogen-bond donors (Lipinski definition) is 3. The zero-order valence-electron chi connectivity index (χ0n) is 24.9. The summed E-state index contributed by atoms with van der Waals surface area (Å²) < 4.78 is 6.12. The molecule has 0 aliphatic heterocycles. The number of nitrogens with one attached hydrogen (secondary N) is 3. The van der Waals surface area contributed by atoms with E-state index in [1.165, 1.54) is 6.42 Å². The monoisotopic (exact) mass is 576 g/mol. The normalized spacial score (nSPS) is 22.0. The van der Waals surface area contributed by atoms with E-state index in [1.54, 1.807) is 24.4 Å². The van der Waals surface area contributed by atoms with Crippen molar-refractivity contribution in [1.29, 1.82) is 0 Å². The van der Waals surface area contributed by atoms with Crippen molar-refractivity contribution in [2.24, 2.45) is 17.8 Å². The molecule has 1 aromatic carbocycles. The highest BCUT2D eigenvalue weighted by Gasteiger charge is 2.47. The molecule has 0 unspecified atom stereocenters. The smallest absolute Gasteiger partial charge is 0.289 e. The Morgan fingerprint density at radius 1 is 1.02 bits per heavy atom. The minimum Gasteiger partial charge on any atom is -0.368 e. The van der Waals surface area contributed by atoms with E-state index in [9.17, 15) is 19.2 Å². The topological polar surface area (TPSA) is 126 Å². The molecule has 9 heteroatoms. The zero-order valence-corrected chi connectivity index (χ0v) is 24.9. The van der Waals surface area contributed by atoms with Crippen LogP contribution in [0.25, 0.3) is 0 Å². The number of Topliss-reactive ketones (excluding diaryl/α,β-unsaturated/α-hetero) is 1. The second kappa shape index (κ2) is 14.5. The van der Waals surface area contributed by atoms with Gasteiger partial charge in [-0.25, -0.2) is 0 Å². The van der Waals surface area contributed by atoms with Crippen LogP contribution in [-0.4, -0.2) is 52.8 Å². The maximum Gasteiger partial charge on any atom is 0.289 e. The van der Waals surface area contributed by atoms with Crippen molar-refractivity contribution in [2.45, 2.75) is 89.9 Å². The highest BCUT2D eigenvalue weighted by atomic mass is 16.5. The summed E-state index contributed by atoms with van der Waals surface area (Å²) >= 11 is 0. The number of nitrogens with zero attached hydrogens (tertiary/aromatic N) is 1. The predicted molar refractivity (Wildman–Crippen MR) is 159 cm³/mol. The van der Waals surface area contributed by atoms with Crippen molar-refractivity contribution in [2.75, 3.05) is 6.61 Å². The molecule has 1 heterocycles. The Hall–Kier alpha value is -3.59. The minimum absolute atomic E-state index is 0.0168. The van der Waals surface area contributed by atoms with E-state index >= 15 is 0 Å². The van der Waals surface area contributed by atoms with Gasteiger partial charge in [0.25, 0.3) is 5.91 Å². The predicted octanol–water partition coefficient (Wildman–Crippen LogP) is 3.51. The van der Waals surface area contributed by atoms with E-state index in [1.807, 2.05) is 30.3 Å². The van der Waals surface area contributed by atoms with Crippen LogP contribution in [0, 0.1) is 17.8 Å². The van der Waals surface area contributed by atoms with Gasteiger partial charge in [-0.05, 0) is 67.6 Å². The van der Waals surface area contributed by atoms with Crippen LogP contribution in [0.1, 0.15) is 70.6 Å². The van der Waals surface area contributed by atoms with Gasteiger partial charge in [0.2, 0.25) is 17.6 Å². The van der Waals surface area contributed by atoms with Gasteiger partial charge in [-0.2, -0.15) is 0 Å². The molecule has 9 nitrogen and oxygen atoms in total. The van der Waals surface area contributed by atoms with Crippen LogP contribution in [0.3, 0.4) is 0 Å². The van der Waals surface area contributed by atoms with E-state index < -0.39 is 29.2 Å². The molecule has 2 aromatic rings. The largest absolute Gasteiger partial charge is 0.368 e. The van der Waals surface area contributed by atoms with E-state index in [4.69, 9.17) is 4.74 Å². The lowest BCUT2D eigenvalue weighted by atomic mass is 9.75. The molecule has 42 heavy (non-hydrogen) atoms. The summed E-state index contributed by atoms with van der Waals surface area (Å²) in [5.41, 5.74) is 0.287. The summed E-state index contributed by atoms with van der Waals surface area (Å²) in [4.78, 5) is 57.0. The number of aromatic nitrogens is 1. The van der Waals surface area contributed by atoms with Gasteiger partial charge < -0.3 is 20.7 Å². The van der Waals surface area contributed by atoms with E-state index in [0.29, 0.717) is 36.3 Å². The highest BCUT2D eigenvalue weighted by molar-refractivity contribution is 6.38. The van der Waals surface area contributed by atoms with Gasteiger partial charge >= 0.3 is 0 Å². The molecule has 4 rings (SSSR count). The number of carbonyl (C=O) groups is 4. The summed E-state index contributed by atoms with van der Waals surface area (Å²) in [7, 11) is 0. The van der Waals surface area contributed by atoms with Crippen LogP contribution in [0.2, 0.25) is 0 Å². The van der Waals surface area contributed by atoms with Crippen molar-refractivity contribution in [1.82, 2.24) is 20.9 Å². The minimum atomic E-state index is -1.13. The Balaban J connectivity index is 1.39. The van der Waals surface area contributed by atoms with Crippen LogP contribution in [0.4, 0.5) is 0 Å². The van der Waals surface area contributed by atoms with Gasteiger partial charge in [0.05, 0.1) is 18.3 Å². The lowest BCUT2D eigenvalue weighted by molar-refractivity contribution is -0.144. The number of pyridine rings is 1. The van der Waals surface area contributed by atoms with E-state index in [-0.39, 0.29) is 31.6 Å². The van der Waals surface area contributed by atoms with Crippen LogP contribution >= 0.6 is 0 Å². The molecule has 2 fully saturated rings. The van der Waals surface area contributed by atoms with Crippen LogP contribution in [0.5, 0.6) is 0 Å². The number of benzene rings is 1. The maximum atomic E-state index is 13.6. The molecule has 3 amide bonds. The fourth-order valence-corrected chi connectivity index (χ4v) is 6.01. The Kier molecular flexibility index (Phi) is 10.8. The van der Waals surface area contributed by atoms with Gasteiger partial charge in [0, 0.05) is 12.6 Å². The fraction of sp³-hybridized carbons (Fsp3) is 0.545. The van der Waals surface area contributed by atoms with Crippen molar-refractivity contribution in [3.63, 3.8) is 0 Å². The molecule has 0 radical (unpaired) electrons. The number of ketones is 1. The van der Waals surface area contributed by atoms with Crippen molar-refractivity contribution in [3.8, 4) is 0 Å². The van der Waals surface area contributed by atoms with Gasteiger partial charge in [-0.3, -0.25) is 24.2 Å². The third-order valence-electron chi connectivity index (χ3n) is 8.69. The Morgan fingerprint density at radius 2 is 1.76 bits per heavy atom. The molecule has 226 valence electrons. The van der Waals surface area contributed by atoms with E-state index in [2.05, 4.69) is 41.7 Å². The number of carbonyl (C=O) groups excluding carboxylic acids is 4. The molecule has 4 atom stereocenters. The first kappa shape index (κ1) is 31.3. The third kappa shape index (κ3) is 8.25. The number of ether oxygens (including phenoxy) is 1. The van der Waals surface area contributed by atoms with Crippen LogP contribution in [0.15, 0.2) is 54.7 Å². The molecule has 0 bridgehead atoms. The Labute approximate surface area is 248 Å². The molecule has 2 aliphatic carbocycles. The standard InChI is InChI=1S/C33H44N4O5/c1-22(2)26-14-13-23(3)18-28(26)42-21-29(38)37-33(15-9-16-33)32(41)36-27(19-24-10-5-4-6-11-24)30(39)31(40)35-20-25-12-7-8-17-34-25/h4-8,10-12,17,22-23,26-28H,9,13-16,18-21H2,1-3H3,(H,35,40)(H,36,41)(H,37,38)/t23-,26+,27-,28-/m1/s1. The third-order valence-corrected chi connectivity index (χ3v) is 8.69.